The molecule has 3 amide bonds. The summed E-state index contributed by atoms with van der Waals surface area (Å²) in [6.07, 6.45) is 1.92. The predicted molar refractivity (Wildman–Crippen MR) is 123 cm³/mol. The molecule has 6 nitrogen and oxygen atoms in total. The van der Waals surface area contributed by atoms with Gasteiger partial charge in [0.2, 0.25) is 11.8 Å². The summed E-state index contributed by atoms with van der Waals surface area (Å²) in [4.78, 5) is 39.1. The molecule has 0 radical (unpaired) electrons. The summed E-state index contributed by atoms with van der Waals surface area (Å²) in [5.41, 5.74) is 4.24. The molecule has 0 spiro atoms. The highest BCUT2D eigenvalue weighted by atomic mass is 16.2. The Labute approximate surface area is 184 Å². The molecule has 1 fully saturated rings. The summed E-state index contributed by atoms with van der Waals surface area (Å²) in [6.45, 7) is 8.48. The number of aryl methyl sites for hydroxylation is 2. The lowest BCUT2D eigenvalue weighted by atomic mass is 10.0. The van der Waals surface area contributed by atoms with Crippen LogP contribution in [0.5, 0.6) is 0 Å². The molecule has 0 aromatic heterocycles. The molecule has 1 aliphatic heterocycles. The lowest BCUT2D eigenvalue weighted by Gasteiger charge is -2.20. The molecule has 2 aromatic carbocycles. The van der Waals surface area contributed by atoms with Crippen molar-refractivity contribution in [2.24, 2.45) is 5.92 Å². The second kappa shape index (κ2) is 9.77. The SMILES string of the molecule is CCc1cccc(CC)c1NC(=O)c1ccc(NC(=O)C2CC(=O)N(C(C)C)C2)cc1. The van der Waals surface area contributed by atoms with E-state index in [1.165, 1.54) is 0 Å². The van der Waals surface area contributed by atoms with Gasteiger partial charge in [-0.1, -0.05) is 32.0 Å². The van der Waals surface area contributed by atoms with E-state index >= 15 is 0 Å². The first-order valence-electron chi connectivity index (χ1n) is 11.0. The van der Waals surface area contributed by atoms with Crippen molar-refractivity contribution in [2.45, 2.75) is 53.0 Å². The Hall–Kier alpha value is -3.15. The second-order valence-electron chi connectivity index (χ2n) is 8.22. The normalized spacial score (nSPS) is 16.0. The number of carbonyl (C=O) groups excluding carboxylic acids is 3. The zero-order valence-electron chi connectivity index (χ0n) is 18.7. The van der Waals surface area contributed by atoms with E-state index in [2.05, 4.69) is 24.5 Å². The van der Waals surface area contributed by atoms with Crippen LogP contribution in [0, 0.1) is 5.92 Å². The quantitative estimate of drug-likeness (QED) is 0.701. The number of amides is 3. The van der Waals surface area contributed by atoms with Gasteiger partial charge in [0.05, 0.1) is 5.92 Å². The van der Waals surface area contributed by atoms with E-state index in [4.69, 9.17) is 0 Å². The molecule has 2 N–H and O–H groups in total. The number of nitrogens with one attached hydrogen (secondary N) is 2. The highest BCUT2D eigenvalue weighted by Crippen LogP contribution is 2.24. The van der Waals surface area contributed by atoms with Crippen LogP contribution in [0.25, 0.3) is 0 Å². The molecule has 3 rings (SSSR count). The van der Waals surface area contributed by atoms with E-state index in [0.29, 0.717) is 17.8 Å². The first-order valence-corrected chi connectivity index (χ1v) is 11.0. The maximum Gasteiger partial charge on any atom is 0.255 e. The number of carbonyl (C=O) groups is 3. The molecule has 1 aliphatic rings. The van der Waals surface area contributed by atoms with Gasteiger partial charge in [-0.2, -0.15) is 0 Å². The fraction of sp³-hybridized carbons (Fsp3) is 0.400. The molecule has 1 atom stereocenters. The van der Waals surface area contributed by atoms with Crippen molar-refractivity contribution in [1.29, 1.82) is 0 Å². The lowest BCUT2D eigenvalue weighted by molar-refractivity contribution is -0.129. The molecule has 1 saturated heterocycles. The summed E-state index contributed by atoms with van der Waals surface area (Å²) in [6, 6.07) is 13.0. The number of rotatable bonds is 7. The molecular weight excluding hydrogens is 390 g/mol. The molecular formula is C25H31N3O3. The van der Waals surface area contributed by atoms with E-state index in [1.54, 1.807) is 29.2 Å². The van der Waals surface area contributed by atoms with Crippen LogP contribution in [0.2, 0.25) is 0 Å². The number of likely N-dealkylation sites (tertiary alicyclic amines) is 1. The number of para-hydroxylation sites is 1. The summed E-state index contributed by atoms with van der Waals surface area (Å²) < 4.78 is 0. The molecule has 31 heavy (non-hydrogen) atoms. The Morgan fingerprint density at radius 1 is 1.00 bits per heavy atom. The van der Waals surface area contributed by atoms with E-state index in [-0.39, 0.29) is 36.1 Å². The molecule has 164 valence electrons. The van der Waals surface area contributed by atoms with Gasteiger partial charge in [-0.05, 0) is 62.1 Å². The van der Waals surface area contributed by atoms with Crippen molar-refractivity contribution in [1.82, 2.24) is 4.90 Å². The Balaban J connectivity index is 1.65. The van der Waals surface area contributed by atoms with Crippen LogP contribution in [-0.2, 0) is 22.4 Å². The molecule has 1 heterocycles. The average molecular weight is 422 g/mol. The number of nitrogens with zero attached hydrogens (tertiary/aromatic N) is 1. The molecule has 6 heteroatoms. The van der Waals surface area contributed by atoms with E-state index < -0.39 is 0 Å². The third kappa shape index (κ3) is 5.13. The van der Waals surface area contributed by atoms with Crippen LogP contribution in [-0.4, -0.2) is 35.2 Å². The summed E-state index contributed by atoms with van der Waals surface area (Å²) >= 11 is 0. The largest absolute Gasteiger partial charge is 0.339 e. The topological polar surface area (TPSA) is 78.5 Å². The van der Waals surface area contributed by atoms with Crippen molar-refractivity contribution in [2.75, 3.05) is 17.2 Å². The van der Waals surface area contributed by atoms with Gasteiger partial charge in [0, 0.05) is 35.9 Å². The summed E-state index contributed by atoms with van der Waals surface area (Å²) in [5.74, 6) is -0.683. The van der Waals surface area contributed by atoms with Crippen LogP contribution in [0.1, 0.15) is 55.6 Å². The highest BCUT2D eigenvalue weighted by Gasteiger charge is 2.35. The van der Waals surface area contributed by atoms with E-state index in [0.717, 1.165) is 29.7 Å². The van der Waals surface area contributed by atoms with Gasteiger partial charge in [-0.25, -0.2) is 0 Å². The van der Waals surface area contributed by atoms with Gasteiger partial charge in [-0.3, -0.25) is 14.4 Å². The first kappa shape index (κ1) is 22.5. The van der Waals surface area contributed by atoms with Crippen LogP contribution < -0.4 is 10.6 Å². The fourth-order valence-electron chi connectivity index (χ4n) is 3.94. The van der Waals surface area contributed by atoms with Crippen molar-refractivity contribution < 1.29 is 14.4 Å². The zero-order valence-corrected chi connectivity index (χ0v) is 18.7. The smallest absolute Gasteiger partial charge is 0.255 e. The van der Waals surface area contributed by atoms with Crippen LogP contribution >= 0.6 is 0 Å². The van der Waals surface area contributed by atoms with Crippen molar-refractivity contribution in [3.63, 3.8) is 0 Å². The van der Waals surface area contributed by atoms with Crippen LogP contribution in [0.3, 0.4) is 0 Å². The Bertz CT molecular complexity index is 944. The van der Waals surface area contributed by atoms with Gasteiger partial charge in [-0.15, -0.1) is 0 Å². The number of hydrogen-bond acceptors (Lipinski definition) is 3. The minimum atomic E-state index is -0.351. The van der Waals surface area contributed by atoms with E-state index in [1.807, 2.05) is 32.0 Å². The Morgan fingerprint density at radius 2 is 1.61 bits per heavy atom. The third-order valence-corrected chi connectivity index (χ3v) is 5.80. The number of hydrogen-bond donors (Lipinski definition) is 2. The molecule has 0 bridgehead atoms. The van der Waals surface area contributed by atoms with Crippen molar-refractivity contribution in [3.05, 3.63) is 59.2 Å². The van der Waals surface area contributed by atoms with Crippen molar-refractivity contribution >= 4 is 29.1 Å². The minimum Gasteiger partial charge on any atom is -0.339 e. The van der Waals surface area contributed by atoms with Gasteiger partial charge in [0.15, 0.2) is 0 Å². The monoisotopic (exact) mass is 421 g/mol. The number of benzene rings is 2. The van der Waals surface area contributed by atoms with Gasteiger partial charge in [0.1, 0.15) is 0 Å². The third-order valence-electron chi connectivity index (χ3n) is 5.80. The van der Waals surface area contributed by atoms with Gasteiger partial charge < -0.3 is 15.5 Å². The van der Waals surface area contributed by atoms with Crippen LogP contribution in [0.15, 0.2) is 42.5 Å². The molecule has 2 aromatic rings. The zero-order chi connectivity index (χ0) is 22.5. The first-order chi connectivity index (χ1) is 14.8. The van der Waals surface area contributed by atoms with Crippen LogP contribution in [0.4, 0.5) is 11.4 Å². The highest BCUT2D eigenvalue weighted by molar-refractivity contribution is 6.05. The Morgan fingerprint density at radius 3 is 2.13 bits per heavy atom. The molecule has 1 unspecified atom stereocenters. The van der Waals surface area contributed by atoms with Gasteiger partial charge >= 0.3 is 0 Å². The average Bonchev–Trinajstić information content (AvgIpc) is 3.16. The Kier molecular flexibility index (Phi) is 7.10. The molecule has 0 aliphatic carbocycles. The lowest BCUT2D eigenvalue weighted by Crippen LogP contribution is -2.33. The van der Waals surface area contributed by atoms with E-state index in [9.17, 15) is 14.4 Å². The number of anilines is 2. The van der Waals surface area contributed by atoms with Gasteiger partial charge in [0.25, 0.3) is 5.91 Å². The summed E-state index contributed by atoms with van der Waals surface area (Å²) in [7, 11) is 0. The summed E-state index contributed by atoms with van der Waals surface area (Å²) in [5, 5.41) is 5.92. The standard InChI is InChI=1S/C25H31N3O3/c1-5-17-8-7-9-18(6-2)23(17)27-24(30)19-10-12-21(13-11-19)26-25(31)20-14-22(29)28(15-20)16(3)4/h7-13,16,20H,5-6,14-15H2,1-4H3,(H,26,31)(H,27,30). The predicted octanol–water partition coefficient (Wildman–Crippen LogP) is 4.26. The molecule has 0 saturated carbocycles. The second-order valence-corrected chi connectivity index (χ2v) is 8.22. The maximum absolute atomic E-state index is 12.8. The minimum absolute atomic E-state index is 0.0148. The van der Waals surface area contributed by atoms with Crippen molar-refractivity contribution in [3.8, 4) is 0 Å². The maximum atomic E-state index is 12.8. The fourth-order valence-corrected chi connectivity index (χ4v) is 3.94.